The lowest BCUT2D eigenvalue weighted by molar-refractivity contribution is 0.0957. The molecule has 0 aliphatic heterocycles. The first kappa shape index (κ1) is 14.4. The number of carbonyl (C=O) groups excluding carboxylic acids is 1. The highest BCUT2D eigenvalue weighted by Crippen LogP contribution is 2.27. The quantitative estimate of drug-likeness (QED) is 0.832. The van der Waals surface area contributed by atoms with E-state index in [1.54, 1.807) is 0 Å². The maximum Gasteiger partial charge on any atom is 0.262 e. The van der Waals surface area contributed by atoms with Crippen LogP contribution in [0.3, 0.4) is 0 Å². The van der Waals surface area contributed by atoms with Crippen molar-refractivity contribution in [3.05, 3.63) is 56.7 Å². The van der Waals surface area contributed by atoms with Crippen molar-refractivity contribution in [2.75, 3.05) is 6.54 Å². The molecule has 0 spiro atoms. The molecule has 1 atom stereocenters. The number of hydrogen-bond donors (Lipinski definition) is 1. The van der Waals surface area contributed by atoms with Gasteiger partial charge in [0.15, 0.2) is 0 Å². The number of aryl methyl sites for hydroxylation is 1. The molecular weight excluding hydrogens is 301 g/mol. The third-order valence-electron chi connectivity index (χ3n) is 2.71. The normalized spacial score (nSPS) is 12.2. The highest BCUT2D eigenvalue weighted by molar-refractivity contribution is 7.13. The zero-order valence-electron chi connectivity index (χ0n) is 10.3. The molecule has 2 rings (SSSR count). The molecule has 0 radical (unpaired) electrons. The fourth-order valence-corrected chi connectivity index (χ4v) is 3.04. The molecular formula is C14H13Cl2NOS. The Hall–Kier alpha value is -1.03. The Labute approximate surface area is 126 Å². The predicted molar refractivity (Wildman–Crippen MR) is 81.4 cm³/mol. The maximum atomic E-state index is 12.0. The molecule has 0 aliphatic rings. The number of halogens is 2. The number of carbonyl (C=O) groups is 1. The Bertz CT molecular complexity index is 568. The number of amides is 1. The summed E-state index contributed by atoms with van der Waals surface area (Å²) >= 11 is 13.6. The second-order valence-corrected chi connectivity index (χ2v) is 5.93. The van der Waals surface area contributed by atoms with Crippen LogP contribution in [0.15, 0.2) is 35.7 Å². The van der Waals surface area contributed by atoms with Gasteiger partial charge in [-0.2, -0.15) is 0 Å². The van der Waals surface area contributed by atoms with Gasteiger partial charge in [-0.25, -0.2) is 0 Å². The van der Waals surface area contributed by atoms with Crippen molar-refractivity contribution in [1.29, 1.82) is 0 Å². The van der Waals surface area contributed by atoms with Crippen molar-refractivity contribution in [2.45, 2.75) is 12.3 Å². The summed E-state index contributed by atoms with van der Waals surface area (Å²) < 4.78 is 0. The van der Waals surface area contributed by atoms with Crippen molar-refractivity contribution in [2.24, 2.45) is 0 Å². The van der Waals surface area contributed by atoms with Crippen LogP contribution in [-0.4, -0.2) is 12.5 Å². The molecule has 0 aliphatic carbocycles. The van der Waals surface area contributed by atoms with Crippen LogP contribution in [0.4, 0.5) is 0 Å². The molecule has 1 aromatic carbocycles. The average molecular weight is 314 g/mol. The second kappa shape index (κ2) is 6.42. The topological polar surface area (TPSA) is 29.1 Å². The van der Waals surface area contributed by atoms with E-state index in [9.17, 15) is 4.79 Å². The van der Waals surface area contributed by atoms with Gasteiger partial charge < -0.3 is 5.32 Å². The van der Waals surface area contributed by atoms with E-state index in [4.69, 9.17) is 23.2 Å². The van der Waals surface area contributed by atoms with Crippen LogP contribution in [0.2, 0.25) is 5.02 Å². The van der Waals surface area contributed by atoms with Gasteiger partial charge in [0, 0.05) is 6.54 Å². The first-order valence-corrected chi connectivity index (χ1v) is 7.50. The molecule has 0 saturated carbocycles. The van der Waals surface area contributed by atoms with Gasteiger partial charge in [0.05, 0.1) is 10.4 Å². The average Bonchev–Trinajstić information content (AvgIpc) is 2.77. The van der Waals surface area contributed by atoms with Crippen LogP contribution in [0.1, 0.15) is 26.2 Å². The minimum absolute atomic E-state index is 0.176. The molecule has 19 heavy (non-hydrogen) atoms. The van der Waals surface area contributed by atoms with E-state index in [1.807, 2.05) is 42.6 Å². The summed E-state index contributed by atoms with van der Waals surface area (Å²) in [5.41, 5.74) is 1.90. The SMILES string of the molecule is Cc1csc(C(=O)NCC(Cl)c2ccccc2)c1Cl. The molecule has 1 heterocycles. The van der Waals surface area contributed by atoms with Crippen LogP contribution in [0, 0.1) is 6.92 Å². The fraction of sp³-hybridized carbons (Fsp3) is 0.214. The van der Waals surface area contributed by atoms with Gasteiger partial charge in [0.25, 0.3) is 5.91 Å². The Morgan fingerprint density at radius 2 is 2.05 bits per heavy atom. The number of alkyl halides is 1. The lowest BCUT2D eigenvalue weighted by atomic mass is 10.1. The fourth-order valence-electron chi connectivity index (χ4n) is 1.63. The van der Waals surface area contributed by atoms with Crippen molar-refractivity contribution >= 4 is 40.4 Å². The first-order valence-electron chi connectivity index (χ1n) is 5.80. The van der Waals surface area contributed by atoms with Gasteiger partial charge in [-0.15, -0.1) is 22.9 Å². The Balaban J connectivity index is 1.96. The molecule has 2 aromatic rings. The molecule has 0 saturated heterocycles. The second-order valence-electron chi connectivity index (χ2n) is 4.15. The summed E-state index contributed by atoms with van der Waals surface area (Å²) in [5, 5.41) is 4.95. The summed E-state index contributed by atoms with van der Waals surface area (Å²) in [6.07, 6.45) is 0. The first-order chi connectivity index (χ1) is 9.09. The zero-order chi connectivity index (χ0) is 13.8. The monoisotopic (exact) mass is 313 g/mol. The lowest BCUT2D eigenvalue weighted by Gasteiger charge is -2.10. The number of benzene rings is 1. The van der Waals surface area contributed by atoms with Crippen LogP contribution < -0.4 is 5.32 Å². The van der Waals surface area contributed by atoms with Gasteiger partial charge in [-0.1, -0.05) is 41.9 Å². The van der Waals surface area contributed by atoms with Crippen molar-refractivity contribution in [3.8, 4) is 0 Å². The third-order valence-corrected chi connectivity index (χ3v) is 4.81. The summed E-state index contributed by atoms with van der Waals surface area (Å²) in [4.78, 5) is 12.5. The van der Waals surface area contributed by atoms with E-state index in [-0.39, 0.29) is 11.3 Å². The standard InChI is InChI=1S/C14H13Cl2NOS/c1-9-8-19-13(12(9)16)14(18)17-7-11(15)10-5-3-2-4-6-10/h2-6,8,11H,7H2,1H3,(H,17,18). The van der Waals surface area contributed by atoms with Crippen molar-refractivity contribution < 1.29 is 4.79 Å². The number of nitrogens with one attached hydrogen (secondary N) is 1. The van der Waals surface area contributed by atoms with Crippen molar-refractivity contribution in [3.63, 3.8) is 0 Å². The van der Waals surface area contributed by atoms with E-state index >= 15 is 0 Å². The highest BCUT2D eigenvalue weighted by Gasteiger charge is 2.16. The van der Waals surface area contributed by atoms with Crippen LogP contribution >= 0.6 is 34.5 Å². The molecule has 2 nitrogen and oxygen atoms in total. The summed E-state index contributed by atoms with van der Waals surface area (Å²) in [7, 11) is 0. The summed E-state index contributed by atoms with van der Waals surface area (Å²) in [5.74, 6) is -0.176. The molecule has 1 N–H and O–H groups in total. The molecule has 1 amide bonds. The summed E-state index contributed by atoms with van der Waals surface area (Å²) in [6, 6.07) is 9.65. The van der Waals surface area contributed by atoms with Gasteiger partial charge in [-0.05, 0) is 23.4 Å². The molecule has 5 heteroatoms. The Morgan fingerprint density at radius 1 is 1.37 bits per heavy atom. The van der Waals surface area contributed by atoms with Crippen LogP contribution in [0.25, 0.3) is 0 Å². The smallest absolute Gasteiger partial charge is 0.262 e. The lowest BCUT2D eigenvalue weighted by Crippen LogP contribution is -2.26. The minimum Gasteiger partial charge on any atom is -0.349 e. The number of hydrogen-bond acceptors (Lipinski definition) is 2. The van der Waals surface area contributed by atoms with Gasteiger partial charge in [-0.3, -0.25) is 4.79 Å². The molecule has 1 aromatic heterocycles. The zero-order valence-corrected chi connectivity index (χ0v) is 12.6. The van der Waals surface area contributed by atoms with Crippen LogP contribution in [-0.2, 0) is 0 Å². The van der Waals surface area contributed by atoms with Gasteiger partial charge >= 0.3 is 0 Å². The number of rotatable bonds is 4. The molecule has 0 fully saturated rings. The molecule has 100 valence electrons. The highest BCUT2D eigenvalue weighted by atomic mass is 35.5. The molecule has 1 unspecified atom stereocenters. The van der Waals surface area contributed by atoms with E-state index in [0.717, 1.165) is 11.1 Å². The molecule has 0 bridgehead atoms. The van der Waals surface area contributed by atoms with E-state index in [1.165, 1.54) is 11.3 Å². The predicted octanol–water partition coefficient (Wildman–Crippen LogP) is 4.42. The third kappa shape index (κ3) is 3.50. The Morgan fingerprint density at radius 3 is 2.63 bits per heavy atom. The number of thiophene rings is 1. The van der Waals surface area contributed by atoms with E-state index < -0.39 is 0 Å². The van der Waals surface area contributed by atoms with Crippen LogP contribution in [0.5, 0.6) is 0 Å². The van der Waals surface area contributed by atoms with E-state index in [2.05, 4.69) is 5.32 Å². The minimum atomic E-state index is -0.245. The van der Waals surface area contributed by atoms with Crippen molar-refractivity contribution in [1.82, 2.24) is 5.32 Å². The van der Waals surface area contributed by atoms with Gasteiger partial charge in [0.1, 0.15) is 4.88 Å². The van der Waals surface area contributed by atoms with Gasteiger partial charge in [0.2, 0.25) is 0 Å². The summed E-state index contributed by atoms with van der Waals surface area (Å²) in [6.45, 7) is 2.25. The maximum absolute atomic E-state index is 12.0. The Kier molecular flexibility index (Phi) is 4.86. The van der Waals surface area contributed by atoms with E-state index in [0.29, 0.717) is 16.4 Å². The largest absolute Gasteiger partial charge is 0.349 e.